The molecule has 5 N–H and O–H groups in total. The standard InChI is InChI=1S/C22H25F3N6O4S/c1-10-15(19-30-12-5-3-4-6-14(12)36-19)18(31-20(28-10)27-9-22(23,24)25)29-13-7-11(16(32)17(13)33)8-35-21(34)26-2/h3-6,11,13,16-17,32-33H,7-9H2,1-2H3,(H,26,34)(H2,27,28,29,31)/t11-,13-,16-,17+/m1/s1. The van der Waals surface area contributed by atoms with E-state index in [1.807, 2.05) is 24.3 Å². The molecular formula is C22H25F3N6O4S. The van der Waals surface area contributed by atoms with Crippen molar-refractivity contribution in [2.75, 3.05) is 30.8 Å². The molecule has 1 fully saturated rings. The van der Waals surface area contributed by atoms with Gasteiger partial charge >= 0.3 is 12.3 Å². The van der Waals surface area contributed by atoms with E-state index in [1.54, 1.807) is 6.92 Å². The summed E-state index contributed by atoms with van der Waals surface area (Å²) in [4.78, 5) is 24.5. The molecule has 194 valence electrons. The molecule has 0 unspecified atom stereocenters. The van der Waals surface area contributed by atoms with Gasteiger partial charge in [-0.15, -0.1) is 11.3 Å². The molecule has 4 atom stereocenters. The van der Waals surface area contributed by atoms with Gasteiger partial charge in [-0.25, -0.2) is 14.8 Å². The zero-order valence-electron chi connectivity index (χ0n) is 19.3. The number of thiazole rings is 1. The Kier molecular flexibility index (Phi) is 7.47. The minimum Gasteiger partial charge on any atom is -0.449 e. The first-order valence-corrected chi connectivity index (χ1v) is 11.9. The summed E-state index contributed by atoms with van der Waals surface area (Å²) in [6, 6.07) is 6.72. The number of alkyl carbamates (subject to hydrolysis) is 1. The Balaban J connectivity index is 1.66. The summed E-state index contributed by atoms with van der Waals surface area (Å²) in [6.45, 7) is 0.186. The number of aliphatic hydroxyl groups excluding tert-OH is 2. The Labute approximate surface area is 207 Å². The van der Waals surface area contributed by atoms with Crippen molar-refractivity contribution >= 4 is 39.4 Å². The van der Waals surface area contributed by atoms with Gasteiger partial charge in [-0.2, -0.15) is 18.2 Å². The Morgan fingerprint density at radius 1 is 1.19 bits per heavy atom. The lowest BCUT2D eigenvalue weighted by molar-refractivity contribution is -0.115. The minimum absolute atomic E-state index is 0.123. The molecule has 1 amide bonds. The number of carbonyl (C=O) groups is 1. The number of rotatable bonds is 7. The normalized spacial score (nSPS) is 22.0. The molecule has 1 aliphatic carbocycles. The van der Waals surface area contributed by atoms with E-state index in [2.05, 4.69) is 30.9 Å². The van der Waals surface area contributed by atoms with Crippen LogP contribution in [0.15, 0.2) is 24.3 Å². The number of carbonyl (C=O) groups excluding carboxylic acids is 1. The van der Waals surface area contributed by atoms with Crippen molar-refractivity contribution < 1.29 is 32.9 Å². The number of nitrogens with zero attached hydrogens (tertiary/aromatic N) is 3. The summed E-state index contributed by atoms with van der Waals surface area (Å²) in [5, 5.41) is 29.2. The summed E-state index contributed by atoms with van der Waals surface area (Å²) in [5.41, 5.74) is 1.59. The SMILES string of the molecule is CNC(=O)OC[C@H]1C[C@@H](Nc2nc(NCC(F)(F)F)nc(C)c2-c2nc3ccccc3s2)[C@H](O)[C@@H]1O. The molecule has 0 radical (unpaired) electrons. The van der Waals surface area contributed by atoms with Gasteiger partial charge in [0.25, 0.3) is 0 Å². The Morgan fingerprint density at radius 3 is 2.64 bits per heavy atom. The van der Waals surface area contributed by atoms with E-state index >= 15 is 0 Å². The molecule has 2 aromatic heterocycles. The van der Waals surface area contributed by atoms with E-state index in [-0.39, 0.29) is 24.8 Å². The van der Waals surface area contributed by atoms with Gasteiger partial charge in [-0.1, -0.05) is 12.1 Å². The maximum absolute atomic E-state index is 12.8. The summed E-state index contributed by atoms with van der Waals surface area (Å²) < 4.78 is 44.3. The number of anilines is 2. The number of hydrogen-bond donors (Lipinski definition) is 5. The number of benzene rings is 1. The highest BCUT2D eigenvalue weighted by Crippen LogP contribution is 2.38. The number of nitrogens with one attached hydrogen (secondary N) is 3. The molecule has 3 aromatic rings. The first kappa shape index (κ1) is 25.9. The maximum Gasteiger partial charge on any atom is 0.406 e. The number of hydrogen-bond acceptors (Lipinski definition) is 10. The van der Waals surface area contributed by atoms with Crippen molar-refractivity contribution in [2.45, 2.75) is 37.8 Å². The fourth-order valence-corrected chi connectivity index (χ4v) is 5.10. The molecule has 2 heterocycles. The number of fused-ring (bicyclic) bond motifs is 1. The van der Waals surface area contributed by atoms with Crippen LogP contribution in [-0.4, -0.2) is 75.9 Å². The highest BCUT2D eigenvalue weighted by Gasteiger charge is 2.42. The molecule has 0 aliphatic heterocycles. The van der Waals surface area contributed by atoms with E-state index in [9.17, 15) is 28.2 Å². The first-order valence-electron chi connectivity index (χ1n) is 11.1. The van der Waals surface area contributed by atoms with Crippen molar-refractivity contribution in [2.24, 2.45) is 5.92 Å². The average Bonchev–Trinajstić information content (AvgIpc) is 3.36. The van der Waals surface area contributed by atoms with Gasteiger partial charge in [0, 0.05) is 13.0 Å². The van der Waals surface area contributed by atoms with Crippen LogP contribution in [0.4, 0.5) is 29.7 Å². The molecule has 0 bridgehead atoms. The zero-order chi connectivity index (χ0) is 26.0. The summed E-state index contributed by atoms with van der Waals surface area (Å²) in [7, 11) is 1.40. The number of alkyl halides is 3. The number of aliphatic hydroxyl groups is 2. The third-order valence-corrected chi connectivity index (χ3v) is 6.86. The third kappa shape index (κ3) is 5.77. The van der Waals surface area contributed by atoms with Crippen LogP contribution in [0.1, 0.15) is 12.1 Å². The summed E-state index contributed by atoms with van der Waals surface area (Å²) >= 11 is 1.37. The number of amides is 1. The molecule has 14 heteroatoms. The second-order valence-corrected chi connectivity index (χ2v) is 9.42. The van der Waals surface area contributed by atoms with Gasteiger partial charge in [0.15, 0.2) is 0 Å². The second-order valence-electron chi connectivity index (χ2n) is 8.39. The van der Waals surface area contributed by atoms with Crippen LogP contribution in [0.2, 0.25) is 0 Å². The van der Waals surface area contributed by atoms with Crippen molar-refractivity contribution in [3.8, 4) is 10.6 Å². The molecule has 10 nitrogen and oxygen atoms in total. The van der Waals surface area contributed by atoms with Crippen LogP contribution >= 0.6 is 11.3 Å². The van der Waals surface area contributed by atoms with Crippen LogP contribution in [0.25, 0.3) is 20.8 Å². The van der Waals surface area contributed by atoms with E-state index in [1.165, 1.54) is 18.4 Å². The van der Waals surface area contributed by atoms with Crippen LogP contribution < -0.4 is 16.0 Å². The van der Waals surface area contributed by atoms with E-state index in [0.717, 1.165) is 10.2 Å². The predicted molar refractivity (Wildman–Crippen MR) is 128 cm³/mol. The second kappa shape index (κ2) is 10.4. The Hall–Kier alpha value is -3.23. The van der Waals surface area contributed by atoms with Crippen LogP contribution in [-0.2, 0) is 4.74 Å². The molecule has 1 aliphatic rings. The number of ether oxygens (including phenoxy) is 1. The van der Waals surface area contributed by atoms with Crippen molar-refractivity contribution in [1.82, 2.24) is 20.3 Å². The first-order chi connectivity index (χ1) is 17.1. The van der Waals surface area contributed by atoms with Crippen molar-refractivity contribution in [1.29, 1.82) is 0 Å². The van der Waals surface area contributed by atoms with Crippen LogP contribution in [0, 0.1) is 12.8 Å². The molecule has 0 spiro atoms. The van der Waals surface area contributed by atoms with Gasteiger partial charge in [-0.05, 0) is 25.5 Å². The fraction of sp³-hybridized carbons (Fsp3) is 0.455. The van der Waals surface area contributed by atoms with E-state index < -0.39 is 43.0 Å². The lowest BCUT2D eigenvalue weighted by Gasteiger charge is -2.21. The lowest BCUT2D eigenvalue weighted by Crippen LogP contribution is -2.36. The number of para-hydroxylation sites is 1. The molecule has 0 saturated heterocycles. The van der Waals surface area contributed by atoms with Gasteiger partial charge in [0.05, 0.1) is 40.2 Å². The molecule has 1 saturated carbocycles. The average molecular weight is 527 g/mol. The van der Waals surface area contributed by atoms with Crippen LogP contribution in [0.5, 0.6) is 0 Å². The third-order valence-electron chi connectivity index (χ3n) is 5.80. The van der Waals surface area contributed by atoms with Gasteiger partial charge < -0.3 is 30.9 Å². The number of aromatic nitrogens is 3. The Morgan fingerprint density at radius 2 is 1.94 bits per heavy atom. The predicted octanol–water partition coefficient (Wildman–Crippen LogP) is 2.91. The van der Waals surface area contributed by atoms with Gasteiger partial charge in [0.2, 0.25) is 5.95 Å². The van der Waals surface area contributed by atoms with Crippen molar-refractivity contribution in [3.05, 3.63) is 30.0 Å². The summed E-state index contributed by atoms with van der Waals surface area (Å²) in [5.74, 6) is -0.647. The number of aryl methyl sites for hydroxylation is 1. The largest absolute Gasteiger partial charge is 0.449 e. The highest BCUT2D eigenvalue weighted by molar-refractivity contribution is 7.21. The number of halogens is 3. The Bertz CT molecular complexity index is 1210. The fourth-order valence-electron chi connectivity index (χ4n) is 4.03. The summed E-state index contributed by atoms with van der Waals surface area (Å²) in [6.07, 6.45) is -7.36. The minimum atomic E-state index is -4.47. The topological polar surface area (TPSA) is 142 Å². The molecule has 4 rings (SSSR count). The van der Waals surface area contributed by atoms with E-state index in [0.29, 0.717) is 16.3 Å². The molecule has 1 aromatic carbocycles. The van der Waals surface area contributed by atoms with E-state index in [4.69, 9.17) is 4.74 Å². The van der Waals surface area contributed by atoms with Gasteiger partial charge in [-0.3, -0.25) is 0 Å². The lowest BCUT2D eigenvalue weighted by atomic mass is 10.1. The highest BCUT2D eigenvalue weighted by atomic mass is 32.1. The quantitative estimate of drug-likeness (QED) is 0.314. The monoisotopic (exact) mass is 526 g/mol. The molecule has 36 heavy (non-hydrogen) atoms. The van der Waals surface area contributed by atoms with Crippen LogP contribution in [0.3, 0.4) is 0 Å². The molecular weight excluding hydrogens is 501 g/mol. The van der Waals surface area contributed by atoms with Gasteiger partial charge in [0.1, 0.15) is 23.5 Å². The maximum atomic E-state index is 12.8. The van der Waals surface area contributed by atoms with Crippen molar-refractivity contribution in [3.63, 3.8) is 0 Å². The smallest absolute Gasteiger partial charge is 0.406 e. The zero-order valence-corrected chi connectivity index (χ0v) is 20.2.